The van der Waals surface area contributed by atoms with Crippen LogP contribution in [0.3, 0.4) is 0 Å². The number of alkyl halides is 3. The minimum atomic E-state index is -4.60. The van der Waals surface area contributed by atoms with Crippen molar-refractivity contribution in [3.8, 4) is 5.88 Å². The van der Waals surface area contributed by atoms with Crippen LogP contribution in [-0.2, 0) is 6.54 Å². The second-order valence-corrected chi connectivity index (χ2v) is 3.97. The van der Waals surface area contributed by atoms with E-state index in [0.717, 1.165) is 0 Å². The molecule has 0 aromatic carbocycles. The van der Waals surface area contributed by atoms with E-state index in [-0.39, 0.29) is 18.1 Å². The van der Waals surface area contributed by atoms with E-state index in [2.05, 4.69) is 9.97 Å². The number of aromatic nitrogens is 2. The molecule has 20 heavy (non-hydrogen) atoms. The Morgan fingerprint density at radius 3 is 2.45 bits per heavy atom. The summed E-state index contributed by atoms with van der Waals surface area (Å²) in [5.74, 6) is -0.136. The Balaban J connectivity index is 2.34. The fourth-order valence-electron chi connectivity index (χ4n) is 1.62. The van der Waals surface area contributed by atoms with E-state index in [4.69, 9.17) is 10.5 Å². The molecule has 0 bridgehead atoms. The summed E-state index contributed by atoms with van der Waals surface area (Å²) >= 11 is 0. The van der Waals surface area contributed by atoms with Crippen molar-refractivity contribution in [3.63, 3.8) is 0 Å². The molecule has 4 nitrogen and oxygen atoms in total. The van der Waals surface area contributed by atoms with Crippen molar-refractivity contribution < 1.29 is 17.9 Å². The van der Waals surface area contributed by atoms with E-state index in [1.165, 1.54) is 30.6 Å². The van der Waals surface area contributed by atoms with Gasteiger partial charge in [0.05, 0.1) is 5.69 Å². The number of nitrogens with two attached hydrogens (primary N) is 1. The first-order valence-corrected chi connectivity index (χ1v) is 5.80. The van der Waals surface area contributed by atoms with Crippen molar-refractivity contribution in [2.75, 3.05) is 0 Å². The number of halogens is 3. The molecule has 2 heterocycles. The molecule has 0 saturated carbocycles. The number of hydrogen-bond donors (Lipinski definition) is 1. The van der Waals surface area contributed by atoms with Crippen molar-refractivity contribution in [2.45, 2.75) is 18.8 Å². The van der Waals surface area contributed by atoms with E-state index in [1.807, 2.05) is 0 Å². The van der Waals surface area contributed by atoms with Gasteiger partial charge in [-0.1, -0.05) is 12.1 Å². The van der Waals surface area contributed by atoms with Crippen LogP contribution >= 0.6 is 0 Å². The zero-order valence-electron chi connectivity index (χ0n) is 10.3. The minimum absolute atomic E-state index is 0.0377. The first kappa shape index (κ1) is 14.3. The smallest absolute Gasteiger partial charge is 0.431 e. The summed E-state index contributed by atoms with van der Waals surface area (Å²) < 4.78 is 44.3. The van der Waals surface area contributed by atoms with E-state index < -0.39 is 12.3 Å². The Morgan fingerprint density at radius 1 is 1.10 bits per heavy atom. The Kier molecular flexibility index (Phi) is 4.19. The van der Waals surface area contributed by atoms with Crippen LogP contribution in [0.25, 0.3) is 0 Å². The van der Waals surface area contributed by atoms with Gasteiger partial charge in [-0.3, -0.25) is 4.98 Å². The number of ether oxygens (including phenoxy) is 1. The molecule has 1 unspecified atom stereocenters. The van der Waals surface area contributed by atoms with Crippen LogP contribution in [0, 0.1) is 0 Å². The molecule has 7 heteroatoms. The van der Waals surface area contributed by atoms with Gasteiger partial charge in [0, 0.05) is 24.5 Å². The predicted molar refractivity (Wildman–Crippen MR) is 65.8 cm³/mol. The average Bonchev–Trinajstić information content (AvgIpc) is 2.45. The second-order valence-electron chi connectivity index (χ2n) is 3.97. The molecule has 0 aliphatic carbocycles. The largest absolute Gasteiger partial charge is 0.458 e. The van der Waals surface area contributed by atoms with Gasteiger partial charge >= 0.3 is 6.18 Å². The lowest BCUT2D eigenvalue weighted by molar-refractivity contribution is -0.200. The van der Waals surface area contributed by atoms with Crippen molar-refractivity contribution in [3.05, 3.63) is 54.0 Å². The molecule has 2 aromatic rings. The molecule has 0 saturated heterocycles. The minimum Gasteiger partial charge on any atom is -0.458 e. The average molecular weight is 283 g/mol. The molecule has 0 aliphatic heterocycles. The van der Waals surface area contributed by atoms with E-state index in [0.29, 0.717) is 5.56 Å². The van der Waals surface area contributed by atoms with Crippen molar-refractivity contribution in [2.24, 2.45) is 5.73 Å². The summed E-state index contributed by atoms with van der Waals surface area (Å²) in [4.78, 5) is 7.49. The fraction of sp³-hybridized carbons (Fsp3) is 0.231. The molecule has 1 atom stereocenters. The summed E-state index contributed by atoms with van der Waals surface area (Å²) in [7, 11) is 0. The first-order chi connectivity index (χ1) is 9.52. The van der Waals surface area contributed by atoms with Crippen LogP contribution in [0.2, 0.25) is 0 Å². The maximum Gasteiger partial charge on any atom is 0.431 e. The van der Waals surface area contributed by atoms with Gasteiger partial charge in [-0.2, -0.15) is 13.2 Å². The van der Waals surface area contributed by atoms with Crippen molar-refractivity contribution >= 4 is 0 Å². The SMILES string of the molecule is NCc1cccnc1OC(c1ccccn1)C(F)(F)F. The topological polar surface area (TPSA) is 61.0 Å². The predicted octanol–water partition coefficient (Wildman–Crippen LogP) is 2.62. The molecule has 0 amide bonds. The van der Waals surface area contributed by atoms with Gasteiger partial charge < -0.3 is 10.5 Å². The molecule has 2 aromatic heterocycles. The van der Waals surface area contributed by atoms with Crippen LogP contribution in [-0.4, -0.2) is 16.1 Å². The first-order valence-electron chi connectivity index (χ1n) is 5.80. The van der Waals surface area contributed by atoms with Gasteiger partial charge in [-0.15, -0.1) is 0 Å². The zero-order chi connectivity index (χ0) is 14.6. The number of pyridine rings is 2. The van der Waals surface area contributed by atoms with Gasteiger partial charge in [0.25, 0.3) is 0 Å². The Morgan fingerprint density at radius 2 is 1.85 bits per heavy atom. The molecule has 0 spiro atoms. The Labute approximate surface area is 113 Å². The maximum atomic E-state index is 13.1. The van der Waals surface area contributed by atoms with Crippen LogP contribution in [0.4, 0.5) is 13.2 Å². The highest BCUT2D eigenvalue weighted by molar-refractivity contribution is 5.26. The maximum absolute atomic E-state index is 13.1. The molecule has 2 rings (SSSR count). The van der Waals surface area contributed by atoms with Crippen molar-refractivity contribution in [1.29, 1.82) is 0 Å². The van der Waals surface area contributed by atoms with Gasteiger partial charge in [0.15, 0.2) is 0 Å². The monoisotopic (exact) mass is 283 g/mol. The fourth-order valence-corrected chi connectivity index (χ4v) is 1.62. The zero-order valence-corrected chi connectivity index (χ0v) is 10.3. The summed E-state index contributed by atoms with van der Waals surface area (Å²) in [5.41, 5.74) is 5.63. The Hall–Kier alpha value is -2.15. The van der Waals surface area contributed by atoms with Crippen molar-refractivity contribution in [1.82, 2.24) is 9.97 Å². The third-order valence-electron chi connectivity index (χ3n) is 2.55. The molecular formula is C13H12F3N3O. The molecule has 0 fully saturated rings. The van der Waals surface area contributed by atoms with E-state index >= 15 is 0 Å². The highest BCUT2D eigenvalue weighted by Crippen LogP contribution is 2.35. The lowest BCUT2D eigenvalue weighted by atomic mass is 10.2. The summed E-state index contributed by atoms with van der Waals surface area (Å²) in [5, 5.41) is 0. The van der Waals surface area contributed by atoms with Gasteiger partial charge in [-0.05, 0) is 18.2 Å². The van der Waals surface area contributed by atoms with Gasteiger partial charge in [0.1, 0.15) is 0 Å². The number of nitrogens with zero attached hydrogens (tertiary/aromatic N) is 2. The van der Waals surface area contributed by atoms with Crippen LogP contribution in [0.1, 0.15) is 17.4 Å². The third kappa shape index (κ3) is 3.24. The summed E-state index contributed by atoms with van der Waals surface area (Å²) in [6, 6.07) is 7.39. The van der Waals surface area contributed by atoms with Gasteiger partial charge in [0.2, 0.25) is 12.0 Å². The third-order valence-corrected chi connectivity index (χ3v) is 2.55. The van der Waals surface area contributed by atoms with E-state index in [9.17, 15) is 13.2 Å². The van der Waals surface area contributed by atoms with Crippen LogP contribution in [0.5, 0.6) is 5.88 Å². The number of rotatable bonds is 4. The van der Waals surface area contributed by atoms with Gasteiger partial charge in [-0.25, -0.2) is 4.98 Å². The standard InChI is InChI=1S/C13H12F3N3O/c14-13(15,16)11(10-5-1-2-6-18-10)20-12-9(8-17)4-3-7-19-12/h1-7,11H,8,17H2. The highest BCUT2D eigenvalue weighted by Gasteiger charge is 2.44. The highest BCUT2D eigenvalue weighted by atomic mass is 19.4. The second kappa shape index (κ2) is 5.87. The van der Waals surface area contributed by atoms with Crippen LogP contribution in [0.15, 0.2) is 42.7 Å². The molecular weight excluding hydrogens is 271 g/mol. The normalized spacial score (nSPS) is 13.0. The Bertz CT molecular complexity index is 560. The summed E-state index contributed by atoms with van der Waals surface area (Å²) in [6.07, 6.45) is -4.15. The molecule has 0 radical (unpaired) electrons. The molecule has 0 aliphatic rings. The molecule has 2 N–H and O–H groups in total. The lowest BCUT2D eigenvalue weighted by Gasteiger charge is -2.21. The molecule has 106 valence electrons. The van der Waals surface area contributed by atoms with Crippen LogP contribution < -0.4 is 10.5 Å². The summed E-state index contributed by atoms with van der Waals surface area (Å²) in [6.45, 7) is 0.0377. The lowest BCUT2D eigenvalue weighted by Crippen LogP contribution is -2.27. The quantitative estimate of drug-likeness (QED) is 0.937. The van der Waals surface area contributed by atoms with E-state index in [1.54, 1.807) is 12.1 Å². The number of hydrogen-bond acceptors (Lipinski definition) is 4.